The second kappa shape index (κ2) is 9.52. The van der Waals surface area contributed by atoms with E-state index in [1.54, 1.807) is 0 Å². The second-order valence-electron chi connectivity index (χ2n) is 5.41. The third-order valence-electron chi connectivity index (χ3n) is 3.72. The molecule has 2 amide bonds. The van der Waals surface area contributed by atoms with Gasteiger partial charge in [0.1, 0.15) is 24.3 Å². The molecule has 25 heavy (non-hydrogen) atoms. The molecule has 0 saturated carbocycles. The first kappa shape index (κ1) is 19.4. The molecule has 1 unspecified atom stereocenters. The predicted molar refractivity (Wildman–Crippen MR) is 91.1 cm³/mol. The number of imidazole rings is 1. The highest BCUT2D eigenvalue weighted by atomic mass is 32.2. The third-order valence-corrected chi connectivity index (χ3v) is 4.93. The van der Waals surface area contributed by atoms with Crippen LogP contribution in [-0.4, -0.2) is 47.9 Å². The standard InChI is InChI=1S/C15H24N4O5S/c1-16-14(20)23-8-10-11(9-24-15(21)17-2)19(3)13(18-10)25-12-6-4-5-7-22-12/h12H,4-9H2,1-3H3,(H,16,20)(H,17,21). The van der Waals surface area contributed by atoms with E-state index in [-0.39, 0.29) is 18.6 Å². The van der Waals surface area contributed by atoms with E-state index in [2.05, 4.69) is 15.6 Å². The first-order chi connectivity index (χ1) is 12.0. The number of thioether (sulfide) groups is 1. The maximum absolute atomic E-state index is 11.4. The van der Waals surface area contributed by atoms with Crippen molar-refractivity contribution in [1.82, 2.24) is 20.2 Å². The molecule has 1 aliphatic heterocycles. The van der Waals surface area contributed by atoms with Gasteiger partial charge in [-0.3, -0.25) is 0 Å². The highest BCUT2D eigenvalue weighted by molar-refractivity contribution is 7.99. The largest absolute Gasteiger partial charge is 0.443 e. The Morgan fingerprint density at radius 3 is 2.52 bits per heavy atom. The molecule has 2 rings (SSSR count). The minimum atomic E-state index is -0.548. The van der Waals surface area contributed by atoms with Gasteiger partial charge in [0.05, 0.1) is 5.69 Å². The molecule has 1 atom stereocenters. The quantitative estimate of drug-likeness (QED) is 0.784. The summed E-state index contributed by atoms with van der Waals surface area (Å²) in [5.74, 6) is 0. The van der Waals surface area contributed by atoms with Crippen LogP contribution in [0.2, 0.25) is 0 Å². The Hall–Kier alpha value is -1.94. The van der Waals surface area contributed by atoms with Gasteiger partial charge in [-0.1, -0.05) is 11.8 Å². The summed E-state index contributed by atoms with van der Waals surface area (Å²) >= 11 is 1.52. The first-order valence-electron chi connectivity index (χ1n) is 8.07. The number of nitrogens with zero attached hydrogens (tertiary/aromatic N) is 2. The summed E-state index contributed by atoms with van der Waals surface area (Å²) in [6.45, 7) is 0.773. The van der Waals surface area contributed by atoms with E-state index in [0.717, 1.165) is 31.0 Å². The summed E-state index contributed by atoms with van der Waals surface area (Å²) in [5, 5.41) is 5.51. The minimum Gasteiger partial charge on any atom is -0.443 e. The molecular weight excluding hydrogens is 348 g/mol. The lowest BCUT2D eigenvalue weighted by molar-refractivity contribution is 0.0725. The van der Waals surface area contributed by atoms with Crippen LogP contribution < -0.4 is 10.6 Å². The molecule has 0 aromatic carbocycles. The van der Waals surface area contributed by atoms with Crippen molar-refractivity contribution in [3.8, 4) is 0 Å². The lowest BCUT2D eigenvalue weighted by Crippen LogP contribution is -2.21. The van der Waals surface area contributed by atoms with Crippen LogP contribution in [-0.2, 0) is 34.5 Å². The van der Waals surface area contributed by atoms with Crippen molar-refractivity contribution >= 4 is 23.9 Å². The summed E-state index contributed by atoms with van der Waals surface area (Å²) in [6, 6.07) is 0. The Labute approximate surface area is 150 Å². The average molecular weight is 372 g/mol. The van der Waals surface area contributed by atoms with Gasteiger partial charge in [0.25, 0.3) is 0 Å². The number of carbonyl (C=O) groups excluding carboxylic acids is 2. The summed E-state index contributed by atoms with van der Waals surface area (Å²) in [6.07, 6.45) is 2.08. The monoisotopic (exact) mass is 372 g/mol. The van der Waals surface area contributed by atoms with Crippen molar-refractivity contribution in [1.29, 1.82) is 0 Å². The second-order valence-corrected chi connectivity index (χ2v) is 6.54. The number of hydrogen-bond donors (Lipinski definition) is 2. The molecule has 1 saturated heterocycles. The van der Waals surface area contributed by atoms with Crippen LogP contribution in [0.25, 0.3) is 0 Å². The fourth-order valence-electron chi connectivity index (χ4n) is 2.30. The van der Waals surface area contributed by atoms with Crippen LogP contribution in [0.3, 0.4) is 0 Å². The van der Waals surface area contributed by atoms with Crippen molar-refractivity contribution in [2.75, 3.05) is 20.7 Å². The average Bonchev–Trinajstić information content (AvgIpc) is 2.93. The Morgan fingerprint density at radius 1 is 1.24 bits per heavy atom. The van der Waals surface area contributed by atoms with Crippen molar-refractivity contribution in [2.45, 2.75) is 43.1 Å². The van der Waals surface area contributed by atoms with Crippen LogP contribution in [0.4, 0.5) is 9.59 Å². The molecule has 1 fully saturated rings. The number of nitrogens with one attached hydrogen (secondary N) is 2. The molecule has 0 radical (unpaired) electrons. The molecule has 140 valence electrons. The van der Waals surface area contributed by atoms with Gasteiger partial charge in [-0.15, -0.1) is 0 Å². The topological polar surface area (TPSA) is 104 Å². The zero-order chi connectivity index (χ0) is 18.2. The van der Waals surface area contributed by atoms with E-state index in [1.165, 1.54) is 25.9 Å². The van der Waals surface area contributed by atoms with Gasteiger partial charge >= 0.3 is 12.2 Å². The van der Waals surface area contributed by atoms with Crippen molar-refractivity contribution < 1.29 is 23.8 Å². The highest BCUT2D eigenvalue weighted by Gasteiger charge is 2.22. The number of hydrogen-bond acceptors (Lipinski definition) is 7. The number of carbonyl (C=O) groups is 2. The summed E-state index contributed by atoms with van der Waals surface area (Å²) < 4.78 is 17.8. The summed E-state index contributed by atoms with van der Waals surface area (Å²) in [7, 11) is 4.81. The molecule has 1 aromatic heterocycles. The van der Waals surface area contributed by atoms with E-state index in [9.17, 15) is 9.59 Å². The van der Waals surface area contributed by atoms with Crippen molar-refractivity contribution in [3.63, 3.8) is 0 Å². The normalized spacial score (nSPS) is 17.0. The Morgan fingerprint density at radius 2 is 1.92 bits per heavy atom. The summed E-state index contributed by atoms with van der Waals surface area (Å²) in [4.78, 5) is 27.2. The maximum atomic E-state index is 11.4. The minimum absolute atomic E-state index is 0.00790. The van der Waals surface area contributed by atoms with E-state index < -0.39 is 12.2 Å². The van der Waals surface area contributed by atoms with Crippen LogP contribution in [0.1, 0.15) is 30.7 Å². The van der Waals surface area contributed by atoms with Crippen LogP contribution in [0.5, 0.6) is 0 Å². The number of alkyl carbamates (subject to hydrolysis) is 2. The maximum Gasteiger partial charge on any atom is 0.407 e. The zero-order valence-electron chi connectivity index (χ0n) is 14.7. The van der Waals surface area contributed by atoms with E-state index in [0.29, 0.717) is 11.4 Å². The molecule has 0 aliphatic carbocycles. The fraction of sp³-hybridized carbons (Fsp3) is 0.667. The predicted octanol–water partition coefficient (Wildman–Crippen LogP) is 1.75. The lowest BCUT2D eigenvalue weighted by Gasteiger charge is -2.21. The molecule has 9 nitrogen and oxygen atoms in total. The van der Waals surface area contributed by atoms with Gasteiger partial charge in [0, 0.05) is 27.7 Å². The third kappa shape index (κ3) is 5.53. The van der Waals surface area contributed by atoms with Crippen LogP contribution >= 0.6 is 11.8 Å². The van der Waals surface area contributed by atoms with Gasteiger partial charge in [-0.05, 0) is 19.3 Å². The van der Waals surface area contributed by atoms with Crippen LogP contribution in [0.15, 0.2) is 5.16 Å². The first-order valence-corrected chi connectivity index (χ1v) is 8.94. The van der Waals surface area contributed by atoms with Crippen molar-refractivity contribution in [3.05, 3.63) is 11.4 Å². The molecule has 0 bridgehead atoms. The number of amides is 2. The molecule has 10 heteroatoms. The molecule has 0 spiro atoms. The molecule has 2 heterocycles. The Kier molecular flexibility index (Phi) is 7.38. The zero-order valence-corrected chi connectivity index (χ0v) is 15.5. The van der Waals surface area contributed by atoms with E-state index >= 15 is 0 Å². The number of ether oxygens (including phenoxy) is 3. The Balaban J connectivity index is 2.13. The summed E-state index contributed by atoms with van der Waals surface area (Å²) in [5.41, 5.74) is 1.27. The van der Waals surface area contributed by atoms with E-state index in [1.807, 2.05) is 11.6 Å². The van der Waals surface area contributed by atoms with Crippen molar-refractivity contribution in [2.24, 2.45) is 7.05 Å². The van der Waals surface area contributed by atoms with Crippen LogP contribution in [0, 0.1) is 0 Å². The molecule has 2 N–H and O–H groups in total. The number of rotatable bonds is 6. The van der Waals surface area contributed by atoms with Gasteiger partial charge < -0.3 is 29.4 Å². The molecular formula is C15H24N4O5S. The molecule has 1 aliphatic rings. The van der Waals surface area contributed by atoms with Gasteiger partial charge in [-0.2, -0.15) is 0 Å². The Bertz CT molecular complexity index is 601. The smallest absolute Gasteiger partial charge is 0.407 e. The fourth-order valence-corrected chi connectivity index (χ4v) is 3.41. The lowest BCUT2D eigenvalue weighted by atomic mass is 10.2. The SMILES string of the molecule is CNC(=O)OCc1nc(SC2CCCCO2)n(C)c1COC(=O)NC. The highest BCUT2D eigenvalue weighted by Crippen LogP contribution is 2.31. The van der Waals surface area contributed by atoms with E-state index in [4.69, 9.17) is 14.2 Å². The molecule has 1 aromatic rings. The van der Waals surface area contributed by atoms with Gasteiger partial charge in [-0.25, -0.2) is 14.6 Å². The number of aromatic nitrogens is 2. The van der Waals surface area contributed by atoms with Gasteiger partial charge in [0.2, 0.25) is 0 Å². The van der Waals surface area contributed by atoms with Gasteiger partial charge in [0.15, 0.2) is 5.16 Å².